The van der Waals surface area contributed by atoms with Crippen molar-refractivity contribution in [3.63, 3.8) is 0 Å². The molecule has 0 fully saturated rings. The van der Waals surface area contributed by atoms with Crippen LogP contribution in [0.4, 0.5) is 11.4 Å². The van der Waals surface area contributed by atoms with Crippen LogP contribution in [0, 0.1) is 6.92 Å². The number of fused-ring (bicyclic) bond motifs is 1. The third-order valence-electron chi connectivity index (χ3n) is 8.86. The van der Waals surface area contributed by atoms with Gasteiger partial charge in [-0.25, -0.2) is 4.98 Å². The van der Waals surface area contributed by atoms with E-state index in [0.29, 0.717) is 82.1 Å². The number of benzene rings is 2. The molecule has 4 rings (SSSR count). The van der Waals surface area contributed by atoms with Crippen LogP contribution in [0.3, 0.4) is 0 Å². The first-order chi connectivity index (χ1) is 24.5. The Hall–Kier alpha value is -4.93. The largest absolute Gasteiger partial charge is 0.494 e. The molecule has 0 saturated heterocycles. The van der Waals surface area contributed by atoms with Gasteiger partial charge in [0.25, 0.3) is 0 Å². The Kier molecular flexibility index (Phi) is 12.7. The van der Waals surface area contributed by atoms with Crippen LogP contribution in [-0.4, -0.2) is 62.5 Å². The summed E-state index contributed by atoms with van der Waals surface area (Å²) in [5.74, 6) is -0.566. The maximum Gasteiger partial charge on any atom is 0.317 e. The van der Waals surface area contributed by atoms with Crippen molar-refractivity contribution >= 4 is 59.0 Å². The molecule has 16 heteroatoms. The molecule has 2 heterocycles. The van der Waals surface area contributed by atoms with E-state index in [2.05, 4.69) is 49.2 Å². The highest BCUT2D eigenvalue weighted by molar-refractivity contribution is 7.16. The molecule has 0 saturated carbocycles. The number of rotatable bonds is 16. The number of ether oxygens (including phenoxy) is 2. The molecule has 0 atom stereocenters. The SMILES string of the molecule is CCc1nc(C)oc1C(=O)/N=c1\sc2cc(C(N)=O)cc(OC)c2n1C/C=C/CNc1c(N)cc(C(N)=O)cc1OCCCO[Si](C)(C)C(C)(C)C. The van der Waals surface area contributed by atoms with Gasteiger partial charge >= 0.3 is 5.91 Å². The monoisotopic (exact) mass is 751 g/mol. The van der Waals surface area contributed by atoms with Crippen LogP contribution in [0.25, 0.3) is 10.2 Å². The Morgan fingerprint density at radius 2 is 1.73 bits per heavy atom. The van der Waals surface area contributed by atoms with E-state index in [9.17, 15) is 14.4 Å². The van der Waals surface area contributed by atoms with E-state index >= 15 is 0 Å². The van der Waals surface area contributed by atoms with E-state index < -0.39 is 26.0 Å². The Morgan fingerprint density at radius 3 is 2.37 bits per heavy atom. The predicted octanol–water partition coefficient (Wildman–Crippen LogP) is 5.55. The van der Waals surface area contributed by atoms with Gasteiger partial charge in [-0.05, 0) is 48.8 Å². The number of carbonyl (C=O) groups is 3. The lowest BCUT2D eigenvalue weighted by molar-refractivity contribution is 0.0966. The van der Waals surface area contributed by atoms with E-state index in [0.717, 1.165) is 0 Å². The zero-order valence-corrected chi connectivity index (χ0v) is 32.9. The smallest absolute Gasteiger partial charge is 0.317 e. The van der Waals surface area contributed by atoms with Gasteiger partial charge in [-0.2, -0.15) is 4.99 Å². The lowest BCUT2D eigenvalue weighted by Gasteiger charge is -2.36. The molecule has 0 aliphatic carbocycles. The van der Waals surface area contributed by atoms with E-state index in [1.54, 1.807) is 25.1 Å². The van der Waals surface area contributed by atoms with Gasteiger partial charge in [0.05, 0.1) is 29.8 Å². The number of anilines is 2. The maximum absolute atomic E-state index is 13.3. The van der Waals surface area contributed by atoms with Gasteiger partial charge in [0.15, 0.2) is 19.0 Å². The van der Waals surface area contributed by atoms with Crippen molar-refractivity contribution < 1.29 is 32.7 Å². The number of nitrogens with two attached hydrogens (primary N) is 3. The minimum absolute atomic E-state index is 0.0784. The van der Waals surface area contributed by atoms with Crippen LogP contribution in [0.5, 0.6) is 11.5 Å². The summed E-state index contributed by atoms with van der Waals surface area (Å²) in [6.07, 6.45) is 4.90. The number of hydrogen-bond donors (Lipinski definition) is 4. The average molecular weight is 752 g/mol. The molecule has 52 heavy (non-hydrogen) atoms. The Labute approximate surface area is 308 Å². The van der Waals surface area contributed by atoms with Gasteiger partial charge in [0, 0.05) is 44.2 Å². The minimum atomic E-state index is -1.89. The topological polar surface area (TPSA) is 212 Å². The van der Waals surface area contributed by atoms with Crippen LogP contribution in [-0.2, 0) is 17.4 Å². The number of nitrogens with one attached hydrogen (secondary N) is 1. The highest BCUT2D eigenvalue weighted by atomic mass is 32.1. The number of thiazole rings is 1. The number of methoxy groups -OCH3 is 1. The van der Waals surface area contributed by atoms with Crippen molar-refractivity contribution in [1.82, 2.24) is 9.55 Å². The summed E-state index contributed by atoms with van der Waals surface area (Å²) < 4.78 is 26.0. The van der Waals surface area contributed by atoms with Gasteiger partial charge < -0.3 is 45.4 Å². The standard InChI is InChI=1S/C36H49N7O7SSi/c1-9-25-31(50-21(2)41-25)34(46)42-35-43(30-27(47-6)19-23(33(39)45)20-28(30)51-35)14-11-10-13-40-29-24(37)17-22(32(38)44)18-26(29)48-15-12-16-49-52(7,8)36(3,4)5/h10-11,17-20,40H,9,12-16,37H2,1-8H3,(H2,38,44)(H2,39,45)/b11-10+,42-35-. The fourth-order valence-corrected chi connectivity index (χ4v) is 7.21. The predicted molar refractivity (Wildman–Crippen MR) is 206 cm³/mol. The lowest BCUT2D eigenvalue weighted by atomic mass is 10.1. The number of primary amides is 2. The Balaban J connectivity index is 1.58. The molecule has 3 amide bonds. The summed E-state index contributed by atoms with van der Waals surface area (Å²) in [6.45, 7) is 16.0. The molecule has 14 nitrogen and oxygen atoms in total. The molecule has 0 aliphatic rings. The van der Waals surface area contributed by atoms with Gasteiger partial charge in [-0.1, -0.05) is 51.2 Å². The number of hydrogen-bond acceptors (Lipinski definition) is 11. The highest BCUT2D eigenvalue weighted by Crippen LogP contribution is 2.37. The second kappa shape index (κ2) is 16.6. The van der Waals surface area contributed by atoms with Crippen molar-refractivity contribution in [3.05, 3.63) is 69.7 Å². The second-order valence-electron chi connectivity index (χ2n) is 13.6. The zero-order chi connectivity index (χ0) is 38.4. The van der Waals surface area contributed by atoms with Crippen LogP contribution < -0.4 is 36.8 Å². The normalized spacial score (nSPS) is 12.5. The van der Waals surface area contributed by atoms with E-state index in [-0.39, 0.29) is 28.5 Å². The number of aryl methyl sites for hydroxylation is 2. The summed E-state index contributed by atoms with van der Waals surface area (Å²) in [5, 5.41) is 3.38. The first-order valence-corrected chi connectivity index (χ1v) is 20.6. The Bertz CT molecular complexity index is 2060. The minimum Gasteiger partial charge on any atom is -0.494 e. The number of nitrogen functional groups attached to an aromatic ring is 1. The molecular formula is C36H49N7O7SSi. The van der Waals surface area contributed by atoms with Gasteiger partial charge in [-0.3, -0.25) is 14.4 Å². The third kappa shape index (κ3) is 9.29. The molecular weight excluding hydrogens is 703 g/mol. The summed E-state index contributed by atoms with van der Waals surface area (Å²) in [7, 11) is -0.406. The lowest BCUT2D eigenvalue weighted by Crippen LogP contribution is -2.41. The maximum atomic E-state index is 13.3. The van der Waals surface area contributed by atoms with Crippen molar-refractivity contribution in [3.8, 4) is 11.5 Å². The second-order valence-corrected chi connectivity index (χ2v) is 19.4. The Morgan fingerprint density at radius 1 is 1.06 bits per heavy atom. The molecule has 4 aromatic rings. The highest BCUT2D eigenvalue weighted by Gasteiger charge is 2.36. The van der Waals surface area contributed by atoms with Gasteiger partial charge in [0.1, 0.15) is 22.7 Å². The van der Waals surface area contributed by atoms with Crippen LogP contribution in [0.2, 0.25) is 18.1 Å². The first-order valence-electron chi connectivity index (χ1n) is 16.9. The van der Waals surface area contributed by atoms with Gasteiger partial charge in [-0.15, -0.1) is 0 Å². The van der Waals surface area contributed by atoms with E-state index in [4.69, 9.17) is 35.5 Å². The number of nitrogens with zero attached hydrogens (tertiary/aromatic N) is 3. The molecule has 0 unspecified atom stereocenters. The van der Waals surface area contributed by atoms with Crippen molar-refractivity contribution in [2.24, 2.45) is 16.5 Å². The van der Waals surface area contributed by atoms with Crippen LogP contribution >= 0.6 is 11.3 Å². The number of oxazole rings is 1. The van der Waals surface area contributed by atoms with E-state index in [1.165, 1.54) is 24.5 Å². The van der Waals surface area contributed by atoms with Crippen LogP contribution in [0.15, 0.2) is 45.8 Å². The van der Waals surface area contributed by atoms with Gasteiger partial charge in [0.2, 0.25) is 17.6 Å². The summed E-state index contributed by atoms with van der Waals surface area (Å²) in [4.78, 5) is 46.4. The van der Waals surface area contributed by atoms with Crippen molar-refractivity contribution in [2.75, 3.05) is 37.9 Å². The fraction of sp³-hybridized carbons (Fsp3) is 0.417. The number of allylic oxidation sites excluding steroid dienone is 1. The van der Waals surface area contributed by atoms with Crippen LogP contribution in [0.1, 0.15) is 77.0 Å². The molecule has 0 radical (unpaired) electrons. The molecule has 0 aliphatic heterocycles. The molecule has 0 spiro atoms. The fourth-order valence-electron chi connectivity index (χ4n) is 5.03. The number of aromatic nitrogens is 2. The molecule has 280 valence electrons. The number of carbonyl (C=O) groups excluding carboxylic acids is 3. The zero-order valence-electron chi connectivity index (χ0n) is 31.0. The first kappa shape index (κ1) is 39.8. The quantitative estimate of drug-likeness (QED) is 0.0485. The van der Waals surface area contributed by atoms with Crippen molar-refractivity contribution in [2.45, 2.75) is 72.1 Å². The summed E-state index contributed by atoms with van der Waals surface area (Å²) in [6, 6.07) is 6.28. The molecule has 7 N–H and O–H groups in total. The third-order valence-corrected chi connectivity index (χ3v) is 14.4. The summed E-state index contributed by atoms with van der Waals surface area (Å²) >= 11 is 1.21. The average Bonchev–Trinajstić information content (AvgIpc) is 3.63. The molecule has 0 bridgehead atoms. The molecule has 2 aromatic heterocycles. The number of amides is 3. The van der Waals surface area contributed by atoms with Crippen molar-refractivity contribution in [1.29, 1.82) is 0 Å². The molecule has 2 aromatic carbocycles. The van der Waals surface area contributed by atoms with E-state index in [1.807, 2.05) is 23.6 Å². The summed E-state index contributed by atoms with van der Waals surface area (Å²) in [5.41, 5.74) is 20.0.